The van der Waals surface area contributed by atoms with Gasteiger partial charge in [-0.2, -0.15) is 0 Å². The predicted molar refractivity (Wildman–Crippen MR) is 18.9 cm³/mol. The summed E-state index contributed by atoms with van der Waals surface area (Å²) < 4.78 is 0. The number of rotatable bonds is 0. The maximum absolute atomic E-state index is 2.09. The van der Waals surface area contributed by atoms with Gasteiger partial charge in [0.2, 0.25) is 0 Å². The second kappa shape index (κ2) is 8.82. The van der Waals surface area contributed by atoms with Crippen LogP contribution >= 0.6 is 0 Å². The van der Waals surface area contributed by atoms with Crippen LogP contribution in [0.25, 0.3) is 0 Å². The molecule has 2 heteroatoms. The summed E-state index contributed by atoms with van der Waals surface area (Å²) in [7, 11) is 0. The molecule has 0 rings (SSSR count). The topological polar surface area (TPSA) is 0 Å². The van der Waals surface area contributed by atoms with E-state index in [-0.39, 0.29) is 29.6 Å². The van der Waals surface area contributed by atoms with Crippen LogP contribution in [-0.4, -0.2) is 29.6 Å². The second-order valence-corrected chi connectivity index (χ2v) is 1.37. The van der Waals surface area contributed by atoms with E-state index in [1.807, 2.05) is 0 Å². The first-order chi connectivity index (χ1) is 1.41. The normalized spacial score (nSPS) is 5.50. The Bertz CT molecular complexity index is 6.00. The molecule has 0 spiro atoms. The van der Waals surface area contributed by atoms with Crippen LogP contribution < -0.4 is 0 Å². The first-order valence-corrected chi connectivity index (χ1v) is 2.75. The van der Waals surface area contributed by atoms with Crippen LogP contribution in [0.5, 0.6) is 0 Å². The Morgan fingerprint density at radius 1 is 1.25 bits per heavy atom. The molecule has 0 heterocycles. The van der Waals surface area contributed by atoms with Crippen molar-refractivity contribution >= 4 is 29.6 Å². The van der Waals surface area contributed by atoms with E-state index in [0.717, 1.165) is 0 Å². The van der Waals surface area contributed by atoms with E-state index in [0.29, 0.717) is 0 Å². The molecule has 25 valence electrons. The molecule has 0 nitrogen and oxygen atoms in total. The Kier molecular flexibility index (Phi) is 20.1. The Hall–Kier alpha value is 1.51. The molecular formula is C2H7CoNa. The minimum atomic E-state index is 0. The van der Waals surface area contributed by atoms with Gasteiger partial charge < -0.3 is 0 Å². The van der Waals surface area contributed by atoms with E-state index in [1.54, 1.807) is 0 Å². The van der Waals surface area contributed by atoms with Crippen molar-refractivity contribution in [3.8, 4) is 0 Å². The quantitative estimate of drug-likeness (QED) is 0.401. The fourth-order valence-electron chi connectivity index (χ4n) is 0. The average Bonchev–Trinajstić information content (AvgIpc) is 0.918. The molecule has 0 aliphatic heterocycles. The Labute approximate surface area is 55.6 Å². The average molecular weight is 113 g/mol. The van der Waals surface area contributed by atoms with E-state index in [1.165, 1.54) is 14.7 Å². The minimum absolute atomic E-state index is 0. The zero-order valence-corrected chi connectivity index (χ0v) is 3.37. The van der Waals surface area contributed by atoms with Gasteiger partial charge in [0.05, 0.1) is 0 Å². The van der Waals surface area contributed by atoms with Gasteiger partial charge in [0.1, 0.15) is 0 Å². The summed E-state index contributed by atoms with van der Waals surface area (Å²) in [4.78, 5) is 0. The van der Waals surface area contributed by atoms with Crippen molar-refractivity contribution in [1.82, 2.24) is 0 Å². The molecule has 0 bridgehead atoms. The van der Waals surface area contributed by atoms with Crippen molar-refractivity contribution in [2.45, 2.75) is 11.7 Å². The molecule has 0 fully saturated rings. The molecule has 0 radical (unpaired) electrons. The summed E-state index contributed by atoms with van der Waals surface area (Å²) in [5, 5.41) is 0. The van der Waals surface area contributed by atoms with Crippen LogP contribution in [0.1, 0.15) is 0 Å². The standard InChI is InChI=1S/2CH3.Co.Na.H/h2*1H3;;;. The van der Waals surface area contributed by atoms with Crippen molar-refractivity contribution in [3.63, 3.8) is 0 Å². The van der Waals surface area contributed by atoms with E-state index < -0.39 is 0 Å². The van der Waals surface area contributed by atoms with E-state index in [2.05, 4.69) is 11.7 Å². The molecule has 0 amide bonds. The molecule has 0 aromatic rings. The molecule has 0 aromatic heterocycles. The molecule has 0 aliphatic rings. The van der Waals surface area contributed by atoms with Gasteiger partial charge in [0.25, 0.3) is 0 Å². The van der Waals surface area contributed by atoms with Crippen molar-refractivity contribution in [1.29, 1.82) is 0 Å². The summed E-state index contributed by atoms with van der Waals surface area (Å²) >= 11 is 1.44. The molecule has 0 aromatic carbocycles. The number of hydrogen-bond acceptors (Lipinski definition) is 0. The molecular weight excluding hydrogens is 106 g/mol. The van der Waals surface area contributed by atoms with Crippen LogP contribution in [0.3, 0.4) is 0 Å². The number of hydrogen-bond donors (Lipinski definition) is 0. The molecule has 0 N–H and O–H groups in total. The van der Waals surface area contributed by atoms with Crippen LogP contribution in [0.2, 0.25) is 11.7 Å². The molecule has 0 saturated heterocycles. The van der Waals surface area contributed by atoms with E-state index >= 15 is 0 Å². The van der Waals surface area contributed by atoms with Gasteiger partial charge in [-0.25, -0.2) is 0 Å². The van der Waals surface area contributed by atoms with Gasteiger partial charge in [-0.1, -0.05) is 0 Å². The van der Waals surface area contributed by atoms with Gasteiger partial charge in [-0.15, -0.1) is 0 Å². The summed E-state index contributed by atoms with van der Waals surface area (Å²) in [5.74, 6) is 4.19. The van der Waals surface area contributed by atoms with Crippen molar-refractivity contribution in [3.05, 3.63) is 0 Å². The van der Waals surface area contributed by atoms with Gasteiger partial charge in [-0.3, -0.25) is 0 Å². The van der Waals surface area contributed by atoms with E-state index in [9.17, 15) is 0 Å². The SMILES string of the molecule is [CH3][Co][CH3].[NaH]. The third-order valence-electron chi connectivity index (χ3n) is 0. The van der Waals surface area contributed by atoms with Crippen LogP contribution in [0.4, 0.5) is 0 Å². The van der Waals surface area contributed by atoms with Gasteiger partial charge in [0.15, 0.2) is 0 Å². The molecule has 4 heavy (non-hydrogen) atoms. The molecule has 0 saturated carbocycles. The molecule has 0 atom stereocenters. The fourth-order valence-corrected chi connectivity index (χ4v) is 0. The first kappa shape index (κ1) is 9.10. The third-order valence-corrected chi connectivity index (χ3v) is 0. The van der Waals surface area contributed by atoms with Gasteiger partial charge in [-0.05, 0) is 0 Å². The van der Waals surface area contributed by atoms with E-state index in [4.69, 9.17) is 0 Å². The van der Waals surface area contributed by atoms with Crippen LogP contribution in [0.15, 0.2) is 0 Å². The summed E-state index contributed by atoms with van der Waals surface area (Å²) in [5.41, 5.74) is 0. The Balaban J connectivity index is 0. The zero-order valence-electron chi connectivity index (χ0n) is 2.33. The fraction of sp³-hybridized carbons (Fsp3) is 1.00. The Morgan fingerprint density at radius 2 is 1.25 bits per heavy atom. The van der Waals surface area contributed by atoms with Crippen molar-refractivity contribution < 1.29 is 14.7 Å². The van der Waals surface area contributed by atoms with Crippen molar-refractivity contribution in [2.75, 3.05) is 0 Å². The van der Waals surface area contributed by atoms with Crippen molar-refractivity contribution in [2.24, 2.45) is 0 Å². The molecule has 0 aliphatic carbocycles. The van der Waals surface area contributed by atoms with Crippen LogP contribution in [-0.2, 0) is 14.7 Å². The molecule has 0 unspecified atom stereocenters. The summed E-state index contributed by atoms with van der Waals surface area (Å²) in [6, 6.07) is 0. The monoisotopic (exact) mass is 113 g/mol. The van der Waals surface area contributed by atoms with Gasteiger partial charge in [0, 0.05) is 0 Å². The summed E-state index contributed by atoms with van der Waals surface area (Å²) in [6.07, 6.45) is 0. The Morgan fingerprint density at radius 3 is 1.25 bits per heavy atom. The maximum atomic E-state index is 2.09. The zero-order chi connectivity index (χ0) is 2.71. The van der Waals surface area contributed by atoms with Gasteiger partial charge >= 0.3 is 56.0 Å². The summed E-state index contributed by atoms with van der Waals surface area (Å²) in [6.45, 7) is 0. The van der Waals surface area contributed by atoms with Crippen LogP contribution in [0, 0.1) is 0 Å². The third kappa shape index (κ3) is 9.71. The predicted octanol–water partition coefficient (Wildman–Crippen LogP) is 0.517. The first-order valence-electron chi connectivity index (χ1n) is 0.667. The second-order valence-electron chi connectivity index (χ2n) is 0.333.